The first kappa shape index (κ1) is 17.3. The van der Waals surface area contributed by atoms with Gasteiger partial charge in [-0.3, -0.25) is 0 Å². The number of phenols is 1. The van der Waals surface area contributed by atoms with E-state index in [-0.39, 0.29) is 11.6 Å². The van der Waals surface area contributed by atoms with Gasteiger partial charge in [-0.2, -0.15) is 0 Å². The summed E-state index contributed by atoms with van der Waals surface area (Å²) in [6, 6.07) is 15.8. The maximum absolute atomic E-state index is 15.2. The van der Waals surface area contributed by atoms with Crippen molar-refractivity contribution in [1.82, 2.24) is 0 Å². The van der Waals surface area contributed by atoms with Crippen LogP contribution in [0.25, 0.3) is 11.1 Å². The van der Waals surface area contributed by atoms with E-state index >= 15 is 4.39 Å². The van der Waals surface area contributed by atoms with Crippen molar-refractivity contribution < 1.29 is 14.2 Å². The summed E-state index contributed by atoms with van der Waals surface area (Å²) in [7, 11) is 1.51. The zero-order valence-corrected chi connectivity index (χ0v) is 14.8. The fourth-order valence-electron chi connectivity index (χ4n) is 2.98. The van der Waals surface area contributed by atoms with E-state index in [1.54, 1.807) is 48.5 Å². The van der Waals surface area contributed by atoms with Crippen LogP contribution in [0.3, 0.4) is 0 Å². The van der Waals surface area contributed by atoms with Crippen LogP contribution in [0.4, 0.5) is 4.39 Å². The Labute approximate surface area is 151 Å². The molecular formula is C21H18ClFO2. The van der Waals surface area contributed by atoms with Gasteiger partial charge in [0, 0.05) is 11.4 Å². The molecule has 0 radical (unpaired) electrons. The lowest BCUT2D eigenvalue weighted by molar-refractivity contribution is 0.413. The molecule has 0 saturated heterocycles. The smallest absolute Gasteiger partial charge is 0.138 e. The van der Waals surface area contributed by atoms with Crippen LogP contribution >= 0.6 is 11.6 Å². The molecule has 128 valence electrons. The van der Waals surface area contributed by atoms with Crippen molar-refractivity contribution in [2.24, 2.45) is 0 Å². The fraction of sp³-hybridized carbons (Fsp3) is 0.143. The highest BCUT2D eigenvalue weighted by Crippen LogP contribution is 2.36. The lowest BCUT2D eigenvalue weighted by Gasteiger charge is -2.14. The molecule has 0 fully saturated rings. The average molecular weight is 357 g/mol. The predicted octanol–water partition coefficient (Wildman–Crippen LogP) is 5.76. The molecule has 0 atom stereocenters. The first-order valence-corrected chi connectivity index (χ1v) is 8.26. The quantitative estimate of drug-likeness (QED) is 0.644. The number of hydrogen-bond donors (Lipinski definition) is 1. The van der Waals surface area contributed by atoms with Crippen molar-refractivity contribution in [1.29, 1.82) is 0 Å². The Morgan fingerprint density at radius 1 is 1.08 bits per heavy atom. The number of aryl methyl sites for hydroxylation is 1. The third-order valence-corrected chi connectivity index (χ3v) is 4.27. The van der Waals surface area contributed by atoms with E-state index in [1.165, 1.54) is 7.11 Å². The lowest BCUT2D eigenvalue weighted by Crippen LogP contribution is -1.99. The summed E-state index contributed by atoms with van der Waals surface area (Å²) >= 11 is 6.06. The standard InChI is InChI=1S/C21H18ClFO2/c1-13-8-14(11-18(24)9-13)10-16-6-7-19(25-2)20(21(16)23)15-4-3-5-17(22)12-15/h3-9,11-12,24H,10H2,1-2H3. The average Bonchev–Trinajstić information content (AvgIpc) is 2.55. The first-order valence-electron chi connectivity index (χ1n) is 7.89. The van der Waals surface area contributed by atoms with E-state index in [1.807, 2.05) is 13.0 Å². The Balaban J connectivity index is 2.09. The molecule has 3 aromatic rings. The number of aromatic hydroxyl groups is 1. The maximum Gasteiger partial charge on any atom is 0.138 e. The highest BCUT2D eigenvalue weighted by atomic mass is 35.5. The van der Waals surface area contributed by atoms with Crippen LogP contribution in [0.2, 0.25) is 5.02 Å². The number of rotatable bonds is 4. The minimum absolute atomic E-state index is 0.180. The normalized spacial score (nSPS) is 10.7. The van der Waals surface area contributed by atoms with E-state index in [0.29, 0.717) is 33.9 Å². The Bertz CT molecular complexity index is 902. The van der Waals surface area contributed by atoms with Crippen LogP contribution in [-0.2, 0) is 6.42 Å². The molecule has 0 aromatic heterocycles. The fourth-order valence-corrected chi connectivity index (χ4v) is 3.17. The highest BCUT2D eigenvalue weighted by molar-refractivity contribution is 6.30. The molecule has 4 heteroatoms. The largest absolute Gasteiger partial charge is 0.508 e. The number of benzene rings is 3. The molecule has 2 nitrogen and oxygen atoms in total. The molecule has 0 saturated carbocycles. The molecular weight excluding hydrogens is 339 g/mol. The summed E-state index contributed by atoms with van der Waals surface area (Å²) in [6.07, 6.45) is 0.374. The molecule has 0 aliphatic rings. The SMILES string of the molecule is COc1ccc(Cc2cc(C)cc(O)c2)c(F)c1-c1cccc(Cl)c1. The van der Waals surface area contributed by atoms with Gasteiger partial charge >= 0.3 is 0 Å². The summed E-state index contributed by atoms with van der Waals surface area (Å²) < 4.78 is 20.6. The van der Waals surface area contributed by atoms with Gasteiger partial charge in [0.1, 0.15) is 17.3 Å². The third kappa shape index (κ3) is 3.77. The van der Waals surface area contributed by atoms with Crippen molar-refractivity contribution in [3.05, 3.63) is 82.1 Å². The van der Waals surface area contributed by atoms with Crippen molar-refractivity contribution in [3.63, 3.8) is 0 Å². The summed E-state index contributed by atoms with van der Waals surface area (Å²) in [4.78, 5) is 0. The number of halogens is 2. The topological polar surface area (TPSA) is 29.5 Å². The van der Waals surface area contributed by atoms with Gasteiger partial charge in [0.25, 0.3) is 0 Å². The van der Waals surface area contributed by atoms with E-state index < -0.39 is 0 Å². The van der Waals surface area contributed by atoms with Gasteiger partial charge in [0.15, 0.2) is 0 Å². The second-order valence-corrected chi connectivity index (χ2v) is 6.42. The first-order chi connectivity index (χ1) is 12.0. The van der Waals surface area contributed by atoms with Crippen molar-refractivity contribution in [2.75, 3.05) is 7.11 Å². The summed E-state index contributed by atoms with van der Waals surface area (Å²) in [6.45, 7) is 1.89. The van der Waals surface area contributed by atoms with Crippen LogP contribution in [-0.4, -0.2) is 12.2 Å². The van der Waals surface area contributed by atoms with Gasteiger partial charge in [-0.15, -0.1) is 0 Å². The molecule has 3 aromatic carbocycles. The van der Waals surface area contributed by atoms with E-state index in [9.17, 15) is 5.11 Å². The highest BCUT2D eigenvalue weighted by Gasteiger charge is 2.17. The Kier molecular flexibility index (Phi) is 4.95. The number of methoxy groups -OCH3 is 1. The molecule has 0 aliphatic carbocycles. The van der Waals surface area contributed by atoms with Gasteiger partial charge in [0.2, 0.25) is 0 Å². The molecule has 0 unspecified atom stereocenters. The number of ether oxygens (including phenoxy) is 1. The van der Waals surface area contributed by atoms with Gasteiger partial charge in [-0.05, 0) is 59.5 Å². The zero-order chi connectivity index (χ0) is 18.0. The molecule has 0 bridgehead atoms. The van der Waals surface area contributed by atoms with E-state index in [4.69, 9.17) is 16.3 Å². The van der Waals surface area contributed by atoms with Crippen molar-refractivity contribution in [2.45, 2.75) is 13.3 Å². The summed E-state index contributed by atoms with van der Waals surface area (Å²) in [5.74, 6) is 0.289. The summed E-state index contributed by atoms with van der Waals surface area (Å²) in [5.41, 5.74) is 3.36. The second-order valence-electron chi connectivity index (χ2n) is 5.98. The van der Waals surface area contributed by atoms with Crippen LogP contribution in [0.1, 0.15) is 16.7 Å². The minimum Gasteiger partial charge on any atom is -0.508 e. The maximum atomic E-state index is 15.2. The molecule has 0 spiro atoms. The molecule has 0 heterocycles. The number of phenolic OH excluding ortho intramolecular Hbond substituents is 1. The second kappa shape index (κ2) is 7.16. The minimum atomic E-state index is -0.345. The molecule has 1 N–H and O–H groups in total. The number of hydrogen-bond acceptors (Lipinski definition) is 2. The van der Waals surface area contributed by atoms with Crippen LogP contribution in [0, 0.1) is 12.7 Å². The third-order valence-electron chi connectivity index (χ3n) is 4.03. The molecule has 0 amide bonds. The van der Waals surface area contributed by atoms with Gasteiger partial charge in [-0.1, -0.05) is 35.9 Å². The van der Waals surface area contributed by atoms with Crippen molar-refractivity contribution in [3.8, 4) is 22.6 Å². The Morgan fingerprint density at radius 3 is 2.56 bits per heavy atom. The summed E-state index contributed by atoms with van der Waals surface area (Å²) in [5, 5.41) is 10.3. The Morgan fingerprint density at radius 2 is 1.88 bits per heavy atom. The lowest BCUT2D eigenvalue weighted by atomic mass is 9.96. The van der Waals surface area contributed by atoms with Crippen LogP contribution in [0.5, 0.6) is 11.5 Å². The van der Waals surface area contributed by atoms with Gasteiger partial charge < -0.3 is 9.84 Å². The van der Waals surface area contributed by atoms with Crippen LogP contribution in [0.15, 0.2) is 54.6 Å². The molecule has 3 rings (SSSR count). The van der Waals surface area contributed by atoms with Crippen LogP contribution < -0.4 is 4.74 Å². The molecule has 25 heavy (non-hydrogen) atoms. The predicted molar refractivity (Wildman–Crippen MR) is 99.0 cm³/mol. The Hall–Kier alpha value is -2.52. The monoisotopic (exact) mass is 356 g/mol. The van der Waals surface area contributed by atoms with E-state index in [0.717, 1.165) is 11.1 Å². The zero-order valence-electron chi connectivity index (χ0n) is 14.0. The van der Waals surface area contributed by atoms with E-state index in [2.05, 4.69) is 0 Å². The van der Waals surface area contributed by atoms with Crippen molar-refractivity contribution >= 4 is 11.6 Å². The van der Waals surface area contributed by atoms with Gasteiger partial charge in [0.05, 0.1) is 12.7 Å². The molecule has 0 aliphatic heterocycles. The van der Waals surface area contributed by atoms with Gasteiger partial charge in [-0.25, -0.2) is 4.39 Å².